The van der Waals surface area contributed by atoms with Crippen molar-refractivity contribution in [3.8, 4) is 0 Å². The molecule has 118 valence electrons. The van der Waals surface area contributed by atoms with Crippen LogP contribution in [-0.2, 0) is 19.8 Å². The molecule has 1 aromatic rings. The lowest BCUT2D eigenvalue weighted by molar-refractivity contribution is -0.148. The molecule has 21 heavy (non-hydrogen) atoms. The summed E-state index contributed by atoms with van der Waals surface area (Å²) in [7, 11) is 5.03. The van der Waals surface area contributed by atoms with Gasteiger partial charge in [0, 0.05) is 19.7 Å². The Bertz CT molecular complexity index is 438. The molecule has 0 aliphatic heterocycles. The number of carbonyl (C=O) groups excluding carboxylic acids is 1. The number of hydrogen-bond donors (Lipinski definition) is 1. The van der Waals surface area contributed by atoms with Crippen LogP contribution >= 0.6 is 0 Å². The molecule has 5 nitrogen and oxygen atoms in total. The first-order valence-electron chi connectivity index (χ1n) is 7.07. The van der Waals surface area contributed by atoms with Gasteiger partial charge >= 0.3 is 5.97 Å². The van der Waals surface area contributed by atoms with Gasteiger partial charge in [-0.05, 0) is 26.0 Å². The van der Waals surface area contributed by atoms with Gasteiger partial charge in [0.05, 0.1) is 13.7 Å². The van der Waals surface area contributed by atoms with Gasteiger partial charge in [0.2, 0.25) is 0 Å². The highest BCUT2D eigenvalue weighted by atomic mass is 16.5. The quantitative estimate of drug-likeness (QED) is 0.734. The van der Waals surface area contributed by atoms with Crippen molar-refractivity contribution in [2.45, 2.75) is 24.9 Å². The second kappa shape index (κ2) is 8.12. The van der Waals surface area contributed by atoms with Crippen molar-refractivity contribution in [1.29, 1.82) is 0 Å². The summed E-state index contributed by atoms with van der Waals surface area (Å²) >= 11 is 0. The second-order valence-corrected chi connectivity index (χ2v) is 5.36. The highest BCUT2D eigenvalue weighted by Gasteiger charge is 2.37. The van der Waals surface area contributed by atoms with Crippen LogP contribution in [0.2, 0.25) is 0 Å². The highest BCUT2D eigenvalue weighted by molar-refractivity contribution is 5.82. The molecule has 2 atom stereocenters. The van der Waals surface area contributed by atoms with Crippen LogP contribution in [0.5, 0.6) is 0 Å². The fourth-order valence-electron chi connectivity index (χ4n) is 2.22. The van der Waals surface area contributed by atoms with Gasteiger partial charge in [-0.2, -0.15) is 0 Å². The number of carbonyl (C=O) groups is 1. The zero-order chi connectivity index (χ0) is 15.9. The molecule has 0 amide bonds. The Morgan fingerprint density at radius 2 is 1.95 bits per heavy atom. The Balaban J connectivity index is 2.83. The SMILES string of the molecule is COCC(C)N(C)CCC(N)(C(=O)OC)c1ccccc1. The van der Waals surface area contributed by atoms with Gasteiger partial charge in [-0.15, -0.1) is 0 Å². The van der Waals surface area contributed by atoms with Crippen molar-refractivity contribution >= 4 is 5.97 Å². The standard InChI is InChI=1S/C16H26N2O3/c1-13(12-20-3)18(2)11-10-16(17,15(19)21-4)14-8-6-5-7-9-14/h5-9,13H,10-12,17H2,1-4H3. The zero-order valence-electron chi connectivity index (χ0n) is 13.3. The summed E-state index contributed by atoms with van der Waals surface area (Å²) in [6.45, 7) is 3.38. The monoisotopic (exact) mass is 294 g/mol. The molecule has 1 aromatic carbocycles. The minimum absolute atomic E-state index is 0.257. The van der Waals surface area contributed by atoms with Gasteiger partial charge in [-0.25, -0.2) is 4.79 Å². The predicted molar refractivity (Wildman–Crippen MR) is 82.9 cm³/mol. The van der Waals surface area contributed by atoms with Crippen molar-refractivity contribution < 1.29 is 14.3 Å². The van der Waals surface area contributed by atoms with E-state index in [1.54, 1.807) is 7.11 Å². The second-order valence-electron chi connectivity index (χ2n) is 5.36. The van der Waals surface area contributed by atoms with E-state index in [2.05, 4.69) is 11.8 Å². The highest BCUT2D eigenvalue weighted by Crippen LogP contribution is 2.24. The van der Waals surface area contributed by atoms with Crippen LogP contribution in [0, 0.1) is 0 Å². The maximum absolute atomic E-state index is 12.2. The molecule has 0 spiro atoms. The molecule has 0 bridgehead atoms. The number of methoxy groups -OCH3 is 2. The van der Waals surface area contributed by atoms with Crippen LogP contribution < -0.4 is 5.73 Å². The van der Waals surface area contributed by atoms with E-state index in [0.717, 1.165) is 5.56 Å². The summed E-state index contributed by atoms with van der Waals surface area (Å²) in [6.07, 6.45) is 0.480. The molecular formula is C16H26N2O3. The molecule has 2 unspecified atom stereocenters. The summed E-state index contributed by atoms with van der Waals surface area (Å²) in [5.74, 6) is -0.415. The molecule has 0 radical (unpaired) electrons. The Kier molecular flexibility index (Phi) is 6.81. The van der Waals surface area contributed by atoms with E-state index in [1.165, 1.54) is 7.11 Å². The molecular weight excluding hydrogens is 268 g/mol. The average Bonchev–Trinajstić information content (AvgIpc) is 2.52. The Hall–Kier alpha value is -1.43. The van der Waals surface area contributed by atoms with E-state index in [1.807, 2.05) is 37.4 Å². The number of hydrogen-bond acceptors (Lipinski definition) is 5. The molecule has 1 rings (SSSR count). The van der Waals surface area contributed by atoms with Crippen molar-refractivity contribution in [1.82, 2.24) is 4.90 Å². The Labute approximate surface area is 127 Å². The third-order valence-corrected chi connectivity index (χ3v) is 3.86. The molecule has 0 fully saturated rings. The molecule has 0 aliphatic carbocycles. The van der Waals surface area contributed by atoms with Crippen molar-refractivity contribution in [3.63, 3.8) is 0 Å². The molecule has 0 aromatic heterocycles. The fourth-order valence-corrected chi connectivity index (χ4v) is 2.22. The largest absolute Gasteiger partial charge is 0.467 e. The Morgan fingerprint density at radius 3 is 2.48 bits per heavy atom. The van der Waals surface area contributed by atoms with Crippen LogP contribution in [0.4, 0.5) is 0 Å². The van der Waals surface area contributed by atoms with E-state index in [4.69, 9.17) is 15.2 Å². The van der Waals surface area contributed by atoms with E-state index in [-0.39, 0.29) is 6.04 Å². The molecule has 2 N–H and O–H groups in total. The normalized spacial score (nSPS) is 15.5. The number of benzene rings is 1. The van der Waals surface area contributed by atoms with E-state index in [9.17, 15) is 4.79 Å². The third kappa shape index (κ3) is 4.52. The summed E-state index contributed by atoms with van der Waals surface area (Å²) in [4.78, 5) is 14.3. The maximum atomic E-state index is 12.2. The minimum Gasteiger partial charge on any atom is -0.467 e. The predicted octanol–water partition coefficient (Wildman–Crippen LogP) is 1.37. The summed E-state index contributed by atoms with van der Waals surface area (Å²) < 4.78 is 10.0. The third-order valence-electron chi connectivity index (χ3n) is 3.86. The number of esters is 1. The van der Waals surface area contributed by atoms with Crippen molar-refractivity contribution in [2.75, 3.05) is 34.4 Å². The molecule has 0 heterocycles. The van der Waals surface area contributed by atoms with Crippen molar-refractivity contribution in [3.05, 3.63) is 35.9 Å². The smallest absolute Gasteiger partial charge is 0.330 e. The first kappa shape index (κ1) is 17.6. The van der Waals surface area contributed by atoms with E-state index < -0.39 is 11.5 Å². The Morgan fingerprint density at radius 1 is 1.33 bits per heavy atom. The first-order valence-corrected chi connectivity index (χ1v) is 7.07. The number of ether oxygens (including phenoxy) is 2. The average molecular weight is 294 g/mol. The van der Waals surface area contributed by atoms with Crippen LogP contribution in [0.25, 0.3) is 0 Å². The minimum atomic E-state index is -1.13. The number of likely N-dealkylation sites (N-methyl/N-ethyl adjacent to an activating group) is 1. The van der Waals surface area contributed by atoms with Crippen molar-refractivity contribution in [2.24, 2.45) is 5.73 Å². The lowest BCUT2D eigenvalue weighted by atomic mass is 9.87. The first-order chi connectivity index (χ1) is 9.95. The van der Waals surface area contributed by atoms with Gasteiger partial charge in [0.1, 0.15) is 5.54 Å². The molecule has 0 saturated heterocycles. The van der Waals surface area contributed by atoms with Gasteiger partial charge < -0.3 is 20.1 Å². The van der Waals surface area contributed by atoms with Crippen LogP contribution in [-0.4, -0.2) is 51.3 Å². The molecule has 5 heteroatoms. The molecule has 0 saturated carbocycles. The van der Waals surface area contributed by atoms with Gasteiger partial charge in [0.15, 0.2) is 0 Å². The summed E-state index contributed by atoms with van der Waals surface area (Å²) in [6, 6.07) is 9.61. The lowest BCUT2D eigenvalue weighted by Gasteiger charge is -2.31. The van der Waals surface area contributed by atoms with Crippen LogP contribution in [0.1, 0.15) is 18.9 Å². The lowest BCUT2D eigenvalue weighted by Crippen LogP contribution is -2.48. The molecule has 0 aliphatic rings. The topological polar surface area (TPSA) is 64.8 Å². The van der Waals surface area contributed by atoms with Crippen LogP contribution in [0.15, 0.2) is 30.3 Å². The van der Waals surface area contributed by atoms with Gasteiger partial charge in [-0.1, -0.05) is 30.3 Å². The fraction of sp³-hybridized carbons (Fsp3) is 0.562. The van der Waals surface area contributed by atoms with Gasteiger partial charge in [0.25, 0.3) is 0 Å². The number of rotatable bonds is 8. The van der Waals surface area contributed by atoms with Crippen LogP contribution in [0.3, 0.4) is 0 Å². The summed E-state index contributed by atoms with van der Waals surface area (Å²) in [5.41, 5.74) is 6.00. The van der Waals surface area contributed by atoms with Gasteiger partial charge in [-0.3, -0.25) is 0 Å². The number of nitrogens with two attached hydrogens (primary N) is 1. The number of nitrogens with zero attached hydrogens (tertiary/aromatic N) is 1. The zero-order valence-corrected chi connectivity index (χ0v) is 13.3. The van der Waals surface area contributed by atoms with E-state index in [0.29, 0.717) is 19.6 Å². The van der Waals surface area contributed by atoms with E-state index >= 15 is 0 Å². The summed E-state index contributed by atoms with van der Waals surface area (Å²) in [5, 5.41) is 0. The maximum Gasteiger partial charge on any atom is 0.330 e.